The van der Waals surface area contributed by atoms with Crippen molar-refractivity contribution in [3.05, 3.63) is 47.5 Å². The van der Waals surface area contributed by atoms with Gasteiger partial charge in [0, 0.05) is 16.9 Å². The Kier molecular flexibility index (Phi) is 4.23. The lowest BCUT2D eigenvalue weighted by atomic mass is 9.84. The Morgan fingerprint density at radius 3 is 2.45 bits per heavy atom. The molecule has 0 amide bonds. The molecule has 20 heavy (non-hydrogen) atoms. The normalized spacial score (nSPS) is 13.2. The Morgan fingerprint density at radius 1 is 1.30 bits per heavy atom. The molecule has 2 aromatic rings. The van der Waals surface area contributed by atoms with Gasteiger partial charge >= 0.3 is 0 Å². The molecule has 0 saturated carbocycles. The van der Waals surface area contributed by atoms with Crippen molar-refractivity contribution in [2.75, 3.05) is 0 Å². The number of carbonyl (C=O) groups excluding carboxylic acids is 1. The molecule has 1 atom stereocenters. The molecule has 0 aliphatic carbocycles. The van der Waals surface area contributed by atoms with Crippen LogP contribution in [0.1, 0.15) is 32.4 Å². The summed E-state index contributed by atoms with van der Waals surface area (Å²) in [5.41, 5.74) is 0.621. The second kappa shape index (κ2) is 5.75. The molecule has 0 unspecified atom stereocenters. The highest BCUT2D eigenvalue weighted by Gasteiger charge is 2.31. The van der Waals surface area contributed by atoms with Crippen LogP contribution in [0.4, 0.5) is 0 Å². The summed E-state index contributed by atoms with van der Waals surface area (Å²) in [5.74, 6) is 0.137. The molecule has 0 saturated heterocycles. The van der Waals surface area contributed by atoms with E-state index >= 15 is 0 Å². The van der Waals surface area contributed by atoms with Gasteiger partial charge in [0.1, 0.15) is 18.7 Å². The number of hydrogen-bond donors (Lipinski definition) is 0. The van der Waals surface area contributed by atoms with Gasteiger partial charge in [0.15, 0.2) is 5.78 Å². The summed E-state index contributed by atoms with van der Waals surface area (Å²) in [6.45, 7) is 5.75. The van der Waals surface area contributed by atoms with Gasteiger partial charge in [-0.1, -0.05) is 44.5 Å². The molecule has 0 fully saturated rings. The molecule has 0 aliphatic heterocycles. The first-order chi connectivity index (χ1) is 9.38. The van der Waals surface area contributed by atoms with E-state index < -0.39 is 5.41 Å². The maximum atomic E-state index is 12.6. The van der Waals surface area contributed by atoms with E-state index in [1.165, 1.54) is 6.33 Å². The number of rotatable bonds is 4. The maximum absolute atomic E-state index is 12.6. The fourth-order valence-corrected chi connectivity index (χ4v) is 2.15. The van der Waals surface area contributed by atoms with Gasteiger partial charge in [0.2, 0.25) is 0 Å². The van der Waals surface area contributed by atoms with Gasteiger partial charge in [-0.15, -0.1) is 0 Å². The van der Waals surface area contributed by atoms with Crippen molar-refractivity contribution in [1.82, 2.24) is 14.8 Å². The molecule has 0 aliphatic rings. The summed E-state index contributed by atoms with van der Waals surface area (Å²) >= 11 is 5.89. The zero-order valence-corrected chi connectivity index (χ0v) is 12.6. The molecule has 4 nitrogen and oxygen atoms in total. The van der Waals surface area contributed by atoms with Gasteiger partial charge in [-0.3, -0.25) is 4.79 Å². The van der Waals surface area contributed by atoms with E-state index in [0.29, 0.717) is 11.4 Å². The van der Waals surface area contributed by atoms with Gasteiger partial charge in [-0.05, 0) is 17.7 Å². The maximum Gasteiger partial charge on any atom is 0.163 e. The van der Waals surface area contributed by atoms with Crippen LogP contribution in [0, 0.1) is 5.41 Å². The number of carbonyl (C=O) groups is 1. The SMILES string of the molecule is CC(C)(C)C(=O)[C@@H](Cc1ccc(Cl)cc1)n1cncn1. The lowest BCUT2D eigenvalue weighted by Gasteiger charge is -2.24. The molecule has 2 rings (SSSR count). The van der Waals surface area contributed by atoms with E-state index in [1.54, 1.807) is 11.0 Å². The van der Waals surface area contributed by atoms with Crippen molar-refractivity contribution in [2.24, 2.45) is 5.41 Å². The van der Waals surface area contributed by atoms with E-state index in [1.807, 2.05) is 45.0 Å². The van der Waals surface area contributed by atoms with Gasteiger partial charge in [0.25, 0.3) is 0 Å². The highest BCUT2D eigenvalue weighted by Crippen LogP contribution is 2.26. The number of benzene rings is 1. The van der Waals surface area contributed by atoms with E-state index in [4.69, 9.17) is 11.6 Å². The number of ketones is 1. The number of hydrogen-bond acceptors (Lipinski definition) is 3. The Morgan fingerprint density at radius 2 is 1.95 bits per heavy atom. The lowest BCUT2D eigenvalue weighted by molar-refractivity contribution is -0.130. The second-order valence-electron chi connectivity index (χ2n) is 5.84. The molecular formula is C15H18ClN3O. The van der Waals surface area contributed by atoms with Crippen LogP contribution in [-0.4, -0.2) is 20.5 Å². The van der Waals surface area contributed by atoms with Crippen LogP contribution >= 0.6 is 11.6 Å². The molecule has 0 N–H and O–H groups in total. The monoisotopic (exact) mass is 291 g/mol. The highest BCUT2D eigenvalue weighted by atomic mass is 35.5. The van der Waals surface area contributed by atoms with Crippen molar-refractivity contribution in [3.8, 4) is 0 Å². The Bertz CT molecular complexity index is 570. The van der Waals surface area contributed by atoms with E-state index in [9.17, 15) is 4.79 Å². The van der Waals surface area contributed by atoms with Crippen LogP contribution in [0.5, 0.6) is 0 Å². The smallest absolute Gasteiger partial charge is 0.163 e. The predicted molar refractivity (Wildman–Crippen MR) is 78.7 cm³/mol. The van der Waals surface area contributed by atoms with Gasteiger partial charge in [-0.25, -0.2) is 9.67 Å². The minimum atomic E-state index is -0.428. The molecule has 1 heterocycles. The zero-order chi connectivity index (χ0) is 14.8. The van der Waals surface area contributed by atoms with Crippen molar-refractivity contribution >= 4 is 17.4 Å². The third kappa shape index (κ3) is 3.45. The van der Waals surface area contributed by atoms with E-state index in [-0.39, 0.29) is 11.8 Å². The average molecular weight is 292 g/mol. The molecule has 1 aromatic carbocycles. The van der Waals surface area contributed by atoms with Gasteiger partial charge in [0.05, 0.1) is 0 Å². The highest BCUT2D eigenvalue weighted by molar-refractivity contribution is 6.30. The molecular weight excluding hydrogens is 274 g/mol. The van der Waals surface area contributed by atoms with Crippen molar-refractivity contribution in [1.29, 1.82) is 0 Å². The van der Waals surface area contributed by atoms with Crippen molar-refractivity contribution < 1.29 is 4.79 Å². The minimum Gasteiger partial charge on any atom is -0.297 e. The van der Waals surface area contributed by atoms with E-state index in [0.717, 1.165) is 5.56 Å². The fourth-order valence-electron chi connectivity index (χ4n) is 2.03. The van der Waals surface area contributed by atoms with Crippen molar-refractivity contribution in [3.63, 3.8) is 0 Å². The summed E-state index contributed by atoms with van der Waals surface area (Å²) in [5, 5.41) is 4.81. The second-order valence-corrected chi connectivity index (χ2v) is 6.27. The summed E-state index contributed by atoms with van der Waals surface area (Å²) in [6.07, 6.45) is 3.62. The Labute approximate surface area is 123 Å². The van der Waals surface area contributed by atoms with Gasteiger partial charge in [-0.2, -0.15) is 5.10 Å². The van der Waals surface area contributed by atoms with Crippen LogP contribution < -0.4 is 0 Å². The summed E-state index contributed by atoms with van der Waals surface area (Å²) in [6, 6.07) is 7.18. The topological polar surface area (TPSA) is 47.8 Å². The van der Waals surface area contributed by atoms with Crippen LogP contribution in [0.2, 0.25) is 5.02 Å². The van der Waals surface area contributed by atoms with Gasteiger partial charge < -0.3 is 0 Å². The molecule has 0 spiro atoms. The summed E-state index contributed by atoms with van der Waals surface area (Å²) in [4.78, 5) is 16.6. The predicted octanol–water partition coefficient (Wildman–Crippen LogP) is 3.33. The van der Waals surface area contributed by atoms with Crippen LogP contribution in [0.3, 0.4) is 0 Å². The first-order valence-corrected chi connectivity index (χ1v) is 6.88. The summed E-state index contributed by atoms with van der Waals surface area (Å²) < 4.78 is 1.63. The quantitative estimate of drug-likeness (QED) is 0.868. The largest absolute Gasteiger partial charge is 0.297 e. The standard InChI is InChI=1S/C15H18ClN3O/c1-15(2,3)14(20)13(19-10-17-9-18-19)8-11-4-6-12(16)7-5-11/h4-7,9-10,13H,8H2,1-3H3/t13-/m1/s1. The molecule has 0 bridgehead atoms. The van der Waals surface area contributed by atoms with Crippen LogP contribution in [0.25, 0.3) is 0 Å². The first kappa shape index (κ1) is 14.7. The molecule has 5 heteroatoms. The zero-order valence-electron chi connectivity index (χ0n) is 11.9. The lowest BCUT2D eigenvalue weighted by Crippen LogP contribution is -2.32. The first-order valence-electron chi connectivity index (χ1n) is 6.51. The fraction of sp³-hybridized carbons (Fsp3) is 0.400. The van der Waals surface area contributed by atoms with E-state index in [2.05, 4.69) is 10.1 Å². The third-order valence-electron chi connectivity index (χ3n) is 3.14. The Balaban J connectivity index is 2.28. The van der Waals surface area contributed by atoms with Crippen molar-refractivity contribution in [2.45, 2.75) is 33.2 Å². The number of Topliss-reactive ketones (excluding diaryl/α,β-unsaturated/α-hetero) is 1. The summed E-state index contributed by atoms with van der Waals surface area (Å²) in [7, 11) is 0. The number of nitrogens with zero attached hydrogens (tertiary/aromatic N) is 3. The van der Waals surface area contributed by atoms with Crippen LogP contribution in [-0.2, 0) is 11.2 Å². The molecule has 0 radical (unpaired) electrons. The Hall–Kier alpha value is -1.68. The third-order valence-corrected chi connectivity index (χ3v) is 3.39. The molecule has 1 aromatic heterocycles. The molecule has 106 valence electrons. The number of aromatic nitrogens is 3. The number of halogens is 1. The van der Waals surface area contributed by atoms with Crippen LogP contribution in [0.15, 0.2) is 36.9 Å². The average Bonchev–Trinajstić information content (AvgIpc) is 2.90. The minimum absolute atomic E-state index is 0.137.